The van der Waals surface area contributed by atoms with Crippen LogP contribution in [0.5, 0.6) is 0 Å². The lowest BCUT2D eigenvalue weighted by Crippen LogP contribution is -2.33. The Kier molecular flexibility index (Phi) is 6.18. The van der Waals surface area contributed by atoms with Gasteiger partial charge in [-0.15, -0.1) is 11.3 Å². The molecule has 1 amide bonds. The molecule has 0 aliphatic rings. The van der Waals surface area contributed by atoms with E-state index < -0.39 is 24.5 Å². The van der Waals surface area contributed by atoms with Crippen molar-refractivity contribution < 1.29 is 23.9 Å². The lowest BCUT2D eigenvalue weighted by molar-refractivity contribution is -0.141. The van der Waals surface area contributed by atoms with Crippen LogP contribution < -0.4 is 5.32 Å². The molecule has 1 N–H and O–H groups in total. The summed E-state index contributed by atoms with van der Waals surface area (Å²) in [6.07, 6.45) is 0. The molecule has 1 aromatic carbocycles. The maximum absolute atomic E-state index is 12.6. The summed E-state index contributed by atoms with van der Waals surface area (Å²) in [5, 5.41) is 8.73. The van der Waals surface area contributed by atoms with Gasteiger partial charge in [0.2, 0.25) is 0 Å². The SMILES string of the molecule is COC(=O)CNC(=O)COC(=O)c1cc(-c2cccs2)nn1-c1ccccc1. The van der Waals surface area contributed by atoms with Crippen molar-refractivity contribution in [1.82, 2.24) is 15.1 Å². The highest BCUT2D eigenvalue weighted by Gasteiger charge is 2.20. The van der Waals surface area contributed by atoms with Gasteiger partial charge in [0.05, 0.1) is 17.7 Å². The van der Waals surface area contributed by atoms with Crippen LogP contribution in [0, 0.1) is 0 Å². The van der Waals surface area contributed by atoms with E-state index in [9.17, 15) is 14.4 Å². The molecule has 0 spiro atoms. The summed E-state index contributed by atoms with van der Waals surface area (Å²) in [6.45, 7) is -0.818. The number of amides is 1. The average Bonchev–Trinajstić information content (AvgIpc) is 3.40. The predicted molar refractivity (Wildman–Crippen MR) is 102 cm³/mol. The molecule has 8 nitrogen and oxygen atoms in total. The number of carbonyl (C=O) groups is 3. The second kappa shape index (κ2) is 8.96. The predicted octanol–water partition coefficient (Wildman–Crippen LogP) is 2.05. The Hall–Kier alpha value is -3.46. The number of carbonyl (C=O) groups excluding carboxylic acids is 3. The van der Waals surface area contributed by atoms with E-state index in [1.165, 1.54) is 23.1 Å². The number of nitrogens with zero attached hydrogens (tertiary/aromatic N) is 2. The molecule has 3 aromatic rings. The minimum atomic E-state index is -0.702. The van der Waals surface area contributed by atoms with Crippen LogP contribution in [-0.4, -0.2) is 47.9 Å². The fraction of sp³-hybridized carbons (Fsp3) is 0.158. The van der Waals surface area contributed by atoms with Gasteiger partial charge in [-0.1, -0.05) is 24.3 Å². The molecular formula is C19H17N3O5S. The van der Waals surface area contributed by atoms with E-state index >= 15 is 0 Å². The van der Waals surface area contributed by atoms with Crippen LogP contribution in [0.15, 0.2) is 53.9 Å². The van der Waals surface area contributed by atoms with Gasteiger partial charge >= 0.3 is 11.9 Å². The van der Waals surface area contributed by atoms with E-state index in [0.717, 1.165) is 4.88 Å². The van der Waals surface area contributed by atoms with Gasteiger partial charge in [-0.25, -0.2) is 9.48 Å². The van der Waals surface area contributed by atoms with Crippen LogP contribution in [-0.2, 0) is 19.1 Å². The third-order valence-electron chi connectivity index (χ3n) is 3.68. The van der Waals surface area contributed by atoms with Gasteiger partial charge in [0, 0.05) is 6.07 Å². The summed E-state index contributed by atoms with van der Waals surface area (Å²) in [7, 11) is 1.21. The molecule has 0 saturated carbocycles. The van der Waals surface area contributed by atoms with Gasteiger partial charge < -0.3 is 14.8 Å². The number of methoxy groups -OCH3 is 1. The topological polar surface area (TPSA) is 99.5 Å². The molecule has 3 rings (SSSR count). The Balaban J connectivity index is 1.77. The van der Waals surface area contributed by atoms with Gasteiger partial charge in [0.15, 0.2) is 12.3 Å². The Bertz CT molecular complexity index is 967. The van der Waals surface area contributed by atoms with E-state index in [1.807, 2.05) is 47.8 Å². The second-order valence-electron chi connectivity index (χ2n) is 5.57. The smallest absolute Gasteiger partial charge is 0.357 e. The van der Waals surface area contributed by atoms with Crippen molar-refractivity contribution in [3.05, 3.63) is 59.6 Å². The van der Waals surface area contributed by atoms with Crippen LogP contribution in [0.1, 0.15) is 10.5 Å². The highest BCUT2D eigenvalue weighted by molar-refractivity contribution is 7.13. The number of thiophene rings is 1. The molecule has 144 valence electrons. The van der Waals surface area contributed by atoms with E-state index in [4.69, 9.17) is 4.74 Å². The first-order valence-electron chi connectivity index (χ1n) is 8.28. The summed E-state index contributed by atoms with van der Waals surface area (Å²) >= 11 is 1.50. The van der Waals surface area contributed by atoms with Gasteiger partial charge in [-0.3, -0.25) is 9.59 Å². The Morgan fingerprint density at radius 2 is 1.93 bits per heavy atom. The highest BCUT2D eigenvalue weighted by atomic mass is 32.1. The minimum absolute atomic E-state index is 0.190. The molecule has 2 aromatic heterocycles. The van der Waals surface area contributed by atoms with Crippen molar-refractivity contribution in [2.75, 3.05) is 20.3 Å². The molecule has 28 heavy (non-hydrogen) atoms. The largest absolute Gasteiger partial charge is 0.468 e. The van der Waals surface area contributed by atoms with Crippen LogP contribution in [0.25, 0.3) is 16.3 Å². The number of benzene rings is 1. The molecule has 0 saturated heterocycles. The zero-order valence-corrected chi connectivity index (χ0v) is 15.8. The quantitative estimate of drug-likeness (QED) is 0.611. The van der Waals surface area contributed by atoms with Crippen molar-refractivity contribution in [2.24, 2.45) is 0 Å². The van der Waals surface area contributed by atoms with Gasteiger partial charge in [0.25, 0.3) is 5.91 Å². The number of esters is 2. The monoisotopic (exact) mass is 399 g/mol. The van der Waals surface area contributed by atoms with Crippen molar-refractivity contribution in [2.45, 2.75) is 0 Å². The molecule has 0 radical (unpaired) electrons. The number of hydrogen-bond donors (Lipinski definition) is 1. The molecule has 0 bridgehead atoms. The van der Waals surface area contributed by atoms with E-state index in [-0.39, 0.29) is 12.2 Å². The maximum atomic E-state index is 12.6. The van der Waals surface area contributed by atoms with Gasteiger partial charge in [-0.2, -0.15) is 5.10 Å². The van der Waals surface area contributed by atoms with Crippen LogP contribution in [0.3, 0.4) is 0 Å². The molecule has 9 heteroatoms. The molecule has 0 unspecified atom stereocenters. The number of nitrogens with one attached hydrogen (secondary N) is 1. The Morgan fingerprint density at radius 3 is 2.61 bits per heavy atom. The number of ether oxygens (including phenoxy) is 2. The Morgan fingerprint density at radius 1 is 1.14 bits per heavy atom. The van der Waals surface area contributed by atoms with Crippen LogP contribution in [0.2, 0.25) is 0 Å². The lowest BCUT2D eigenvalue weighted by Gasteiger charge is -2.08. The maximum Gasteiger partial charge on any atom is 0.357 e. The third kappa shape index (κ3) is 4.63. The first-order valence-corrected chi connectivity index (χ1v) is 9.16. The summed E-state index contributed by atoms with van der Waals surface area (Å²) in [6, 6.07) is 14.6. The van der Waals surface area contributed by atoms with E-state index in [1.54, 1.807) is 6.07 Å². The van der Waals surface area contributed by atoms with Crippen molar-refractivity contribution >= 4 is 29.2 Å². The molecule has 2 heterocycles. The first kappa shape index (κ1) is 19.3. The molecule has 0 fully saturated rings. The standard InChI is InChI=1S/C19H17N3O5S/c1-26-18(24)11-20-17(23)12-27-19(25)15-10-14(16-8-5-9-28-16)21-22(15)13-6-3-2-4-7-13/h2-10H,11-12H2,1H3,(H,20,23). The minimum Gasteiger partial charge on any atom is -0.468 e. The summed E-state index contributed by atoms with van der Waals surface area (Å²) in [5.41, 5.74) is 1.50. The molecule has 0 aliphatic carbocycles. The zero-order valence-electron chi connectivity index (χ0n) is 15.0. The highest BCUT2D eigenvalue weighted by Crippen LogP contribution is 2.26. The van der Waals surface area contributed by atoms with Crippen LogP contribution in [0.4, 0.5) is 0 Å². The number of para-hydroxylation sites is 1. The lowest BCUT2D eigenvalue weighted by atomic mass is 10.3. The fourth-order valence-electron chi connectivity index (χ4n) is 2.34. The third-order valence-corrected chi connectivity index (χ3v) is 4.58. The zero-order chi connectivity index (χ0) is 19.9. The first-order chi connectivity index (χ1) is 13.6. The second-order valence-corrected chi connectivity index (χ2v) is 6.52. The summed E-state index contributed by atoms with van der Waals surface area (Å²) < 4.78 is 11.0. The van der Waals surface area contributed by atoms with Gasteiger partial charge in [0.1, 0.15) is 12.2 Å². The van der Waals surface area contributed by atoms with Crippen molar-refractivity contribution in [3.63, 3.8) is 0 Å². The van der Waals surface area contributed by atoms with Crippen molar-refractivity contribution in [1.29, 1.82) is 0 Å². The van der Waals surface area contributed by atoms with E-state index in [0.29, 0.717) is 11.4 Å². The van der Waals surface area contributed by atoms with Gasteiger partial charge in [-0.05, 0) is 23.6 Å². The molecule has 0 atom stereocenters. The van der Waals surface area contributed by atoms with Crippen molar-refractivity contribution in [3.8, 4) is 16.3 Å². The number of aromatic nitrogens is 2. The number of hydrogen-bond acceptors (Lipinski definition) is 7. The van der Waals surface area contributed by atoms with E-state index in [2.05, 4.69) is 15.2 Å². The fourth-order valence-corrected chi connectivity index (χ4v) is 3.02. The summed E-state index contributed by atoms with van der Waals surface area (Å²) in [4.78, 5) is 36.2. The molecule has 0 aliphatic heterocycles. The van der Waals surface area contributed by atoms with Crippen LogP contribution >= 0.6 is 11.3 Å². The average molecular weight is 399 g/mol. The number of rotatable bonds is 7. The molecular weight excluding hydrogens is 382 g/mol. The Labute approximate surface area is 164 Å². The normalized spacial score (nSPS) is 10.3. The summed E-state index contributed by atoms with van der Waals surface area (Å²) in [5.74, 6) is -1.90.